The molecular formula is C14H21ClIN3O. The summed E-state index contributed by atoms with van der Waals surface area (Å²) in [5.41, 5.74) is 6.65. The maximum absolute atomic E-state index is 6.04. The molecule has 3 N–H and O–H groups in total. The van der Waals surface area contributed by atoms with Crippen molar-refractivity contribution in [2.45, 2.75) is 25.7 Å². The minimum absolute atomic E-state index is 0. The van der Waals surface area contributed by atoms with E-state index in [-0.39, 0.29) is 24.0 Å². The number of nitrogens with one attached hydrogen (secondary N) is 1. The van der Waals surface area contributed by atoms with Crippen LogP contribution in [0.25, 0.3) is 0 Å². The molecule has 20 heavy (non-hydrogen) atoms. The second-order valence-electron chi connectivity index (χ2n) is 4.83. The summed E-state index contributed by atoms with van der Waals surface area (Å²) in [5, 5.41) is 3.58. The van der Waals surface area contributed by atoms with Gasteiger partial charge in [0.25, 0.3) is 0 Å². The van der Waals surface area contributed by atoms with E-state index in [1.807, 2.05) is 6.07 Å². The average molecular weight is 410 g/mol. The van der Waals surface area contributed by atoms with Gasteiger partial charge in [0.2, 0.25) is 0 Å². The first-order valence-electron chi connectivity index (χ1n) is 6.59. The lowest BCUT2D eigenvalue weighted by atomic mass is 9.83. The Bertz CT molecular complexity index is 464. The first-order valence-corrected chi connectivity index (χ1v) is 6.97. The highest BCUT2D eigenvalue weighted by molar-refractivity contribution is 14.0. The molecule has 4 nitrogen and oxygen atoms in total. The molecule has 1 aliphatic carbocycles. The van der Waals surface area contributed by atoms with Crippen molar-refractivity contribution in [3.63, 3.8) is 0 Å². The van der Waals surface area contributed by atoms with Crippen molar-refractivity contribution in [1.82, 2.24) is 0 Å². The monoisotopic (exact) mass is 409 g/mol. The molecule has 0 amide bonds. The van der Waals surface area contributed by atoms with E-state index in [1.54, 1.807) is 19.2 Å². The van der Waals surface area contributed by atoms with E-state index in [4.69, 9.17) is 22.1 Å². The number of guanidine groups is 1. The van der Waals surface area contributed by atoms with Crippen LogP contribution in [0.15, 0.2) is 23.2 Å². The number of ether oxygens (including phenoxy) is 1. The predicted octanol–water partition coefficient (Wildman–Crippen LogP) is 3.88. The molecule has 0 spiro atoms. The van der Waals surface area contributed by atoms with Gasteiger partial charge in [0.1, 0.15) is 5.75 Å². The quantitative estimate of drug-likeness (QED) is 0.441. The average Bonchev–Trinajstić information content (AvgIpc) is 2.32. The summed E-state index contributed by atoms with van der Waals surface area (Å²) < 4.78 is 5.09. The van der Waals surface area contributed by atoms with Gasteiger partial charge in [0, 0.05) is 12.2 Å². The Balaban J connectivity index is 0.00000200. The van der Waals surface area contributed by atoms with E-state index >= 15 is 0 Å². The number of methoxy groups -OCH3 is 1. The third-order valence-electron chi connectivity index (χ3n) is 3.47. The molecule has 0 heterocycles. The van der Waals surface area contributed by atoms with E-state index < -0.39 is 0 Å². The number of benzene rings is 1. The third kappa shape index (κ3) is 5.01. The molecule has 1 aromatic rings. The van der Waals surface area contributed by atoms with Crippen LogP contribution in [-0.4, -0.2) is 19.6 Å². The highest BCUT2D eigenvalue weighted by Crippen LogP contribution is 2.29. The molecule has 0 saturated heterocycles. The molecule has 1 aromatic carbocycles. The largest absolute Gasteiger partial charge is 0.495 e. The fraction of sp³-hybridized carbons (Fsp3) is 0.500. The SMILES string of the molecule is COc1ccc(NC(N)=NCCC2CCC2)cc1Cl.I. The number of rotatable bonds is 5. The lowest BCUT2D eigenvalue weighted by molar-refractivity contribution is 0.300. The molecule has 0 unspecified atom stereocenters. The van der Waals surface area contributed by atoms with Crippen molar-refractivity contribution in [2.24, 2.45) is 16.6 Å². The van der Waals surface area contributed by atoms with Crippen molar-refractivity contribution in [2.75, 3.05) is 19.0 Å². The summed E-state index contributed by atoms with van der Waals surface area (Å²) in [6, 6.07) is 5.43. The van der Waals surface area contributed by atoms with Gasteiger partial charge >= 0.3 is 0 Å². The molecular weight excluding hydrogens is 389 g/mol. The smallest absolute Gasteiger partial charge is 0.193 e. The van der Waals surface area contributed by atoms with Gasteiger partial charge in [-0.3, -0.25) is 4.99 Å². The normalized spacial score (nSPS) is 15.2. The number of hydrogen-bond donors (Lipinski definition) is 2. The number of nitrogens with two attached hydrogens (primary N) is 1. The summed E-state index contributed by atoms with van der Waals surface area (Å²) in [4.78, 5) is 4.32. The molecule has 0 bridgehead atoms. The van der Waals surface area contributed by atoms with Gasteiger partial charge in [-0.25, -0.2) is 0 Å². The van der Waals surface area contributed by atoms with Gasteiger partial charge in [-0.2, -0.15) is 0 Å². The zero-order valence-corrected chi connectivity index (χ0v) is 14.7. The standard InChI is InChI=1S/C14H20ClN3O.HI/c1-19-13-6-5-11(9-12(13)15)18-14(16)17-8-7-10-3-2-4-10;/h5-6,9-10H,2-4,7-8H2,1H3,(H3,16,17,18);1H. The molecule has 0 atom stereocenters. The molecule has 0 aliphatic heterocycles. The molecule has 1 aliphatic rings. The number of halogens is 2. The van der Waals surface area contributed by atoms with Crippen LogP contribution in [0, 0.1) is 5.92 Å². The van der Waals surface area contributed by atoms with Crippen LogP contribution in [0.2, 0.25) is 5.02 Å². The zero-order chi connectivity index (χ0) is 13.7. The summed E-state index contributed by atoms with van der Waals surface area (Å²) in [5.74, 6) is 1.93. The summed E-state index contributed by atoms with van der Waals surface area (Å²) in [6.45, 7) is 0.785. The van der Waals surface area contributed by atoms with Crippen LogP contribution in [0.3, 0.4) is 0 Å². The van der Waals surface area contributed by atoms with Gasteiger partial charge in [-0.05, 0) is 30.5 Å². The second kappa shape index (κ2) is 8.56. The number of anilines is 1. The molecule has 1 saturated carbocycles. The highest BCUT2D eigenvalue weighted by atomic mass is 127. The van der Waals surface area contributed by atoms with E-state index in [2.05, 4.69) is 10.3 Å². The van der Waals surface area contributed by atoms with Gasteiger partial charge in [-0.1, -0.05) is 30.9 Å². The van der Waals surface area contributed by atoms with Crippen molar-refractivity contribution < 1.29 is 4.74 Å². The van der Waals surface area contributed by atoms with Crippen LogP contribution >= 0.6 is 35.6 Å². The van der Waals surface area contributed by atoms with Crippen LogP contribution in [0.1, 0.15) is 25.7 Å². The van der Waals surface area contributed by atoms with Crippen LogP contribution in [-0.2, 0) is 0 Å². The molecule has 112 valence electrons. The second-order valence-corrected chi connectivity index (χ2v) is 5.23. The van der Waals surface area contributed by atoms with Gasteiger partial charge in [-0.15, -0.1) is 24.0 Å². The Morgan fingerprint density at radius 3 is 2.80 bits per heavy atom. The van der Waals surface area contributed by atoms with E-state index in [0.717, 1.165) is 24.6 Å². The van der Waals surface area contributed by atoms with Crippen molar-refractivity contribution in [3.8, 4) is 5.75 Å². The summed E-state index contributed by atoms with van der Waals surface area (Å²) >= 11 is 6.04. The molecule has 2 rings (SSSR count). The number of nitrogens with zero attached hydrogens (tertiary/aromatic N) is 1. The minimum atomic E-state index is 0. The molecule has 6 heteroatoms. The topological polar surface area (TPSA) is 59.6 Å². The zero-order valence-electron chi connectivity index (χ0n) is 11.6. The maximum Gasteiger partial charge on any atom is 0.193 e. The Morgan fingerprint density at radius 1 is 1.50 bits per heavy atom. The highest BCUT2D eigenvalue weighted by Gasteiger charge is 2.16. The molecule has 1 fully saturated rings. The number of aliphatic imine (C=N–C) groups is 1. The minimum Gasteiger partial charge on any atom is -0.495 e. The van der Waals surface area contributed by atoms with Crippen LogP contribution < -0.4 is 15.8 Å². The Hall–Kier alpha value is -0.690. The van der Waals surface area contributed by atoms with E-state index in [1.165, 1.54) is 19.3 Å². The summed E-state index contributed by atoms with van der Waals surface area (Å²) in [7, 11) is 1.59. The van der Waals surface area contributed by atoms with Crippen molar-refractivity contribution in [1.29, 1.82) is 0 Å². The molecule has 0 radical (unpaired) electrons. The first-order chi connectivity index (χ1) is 9.19. The molecule has 0 aromatic heterocycles. The number of hydrogen-bond acceptors (Lipinski definition) is 2. The van der Waals surface area contributed by atoms with Crippen molar-refractivity contribution in [3.05, 3.63) is 23.2 Å². The third-order valence-corrected chi connectivity index (χ3v) is 3.76. The van der Waals surface area contributed by atoms with E-state index in [9.17, 15) is 0 Å². The van der Waals surface area contributed by atoms with Crippen molar-refractivity contribution >= 4 is 47.2 Å². The maximum atomic E-state index is 6.04. The first kappa shape index (κ1) is 17.4. The fourth-order valence-corrected chi connectivity index (χ4v) is 2.34. The van der Waals surface area contributed by atoms with Gasteiger partial charge in [0.05, 0.1) is 12.1 Å². The van der Waals surface area contributed by atoms with Crippen LogP contribution in [0.5, 0.6) is 5.75 Å². The Labute approximate surface area is 142 Å². The van der Waals surface area contributed by atoms with Crippen LogP contribution in [0.4, 0.5) is 5.69 Å². The fourth-order valence-electron chi connectivity index (χ4n) is 2.08. The van der Waals surface area contributed by atoms with Gasteiger partial charge in [0.15, 0.2) is 5.96 Å². The Kier molecular flexibility index (Phi) is 7.43. The van der Waals surface area contributed by atoms with E-state index in [0.29, 0.717) is 16.7 Å². The predicted molar refractivity (Wildman–Crippen MR) is 95.5 cm³/mol. The summed E-state index contributed by atoms with van der Waals surface area (Å²) in [6.07, 6.45) is 5.19. The lowest BCUT2D eigenvalue weighted by Gasteiger charge is -2.24. The Morgan fingerprint density at radius 2 is 2.25 bits per heavy atom. The lowest BCUT2D eigenvalue weighted by Crippen LogP contribution is -2.23. The van der Waals surface area contributed by atoms with Gasteiger partial charge < -0.3 is 15.8 Å².